The molecule has 0 saturated carbocycles. The summed E-state index contributed by atoms with van der Waals surface area (Å²) < 4.78 is 6.86. The SMILES string of the molecule is CC(C)C(CN)CNCc1cc(Br)cc2c1OCC2. The molecule has 1 aliphatic heterocycles. The molecule has 2 rings (SSSR count). The fraction of sp³-hybridized carbons (Fsp3) is 0.600. The van der Waals surface area contributed by atoms with E-state index in [1.165, 1.54) is 11.1 Å². The normalized spacial score (nSPS) is 15.4. The standard InChI is InChI=1S/C15H23BrN2O/c1-10(2)13(7-17)9-18-8-12-6-14(16)5-11-3-4-19-15(11)12/h5-6,10,13,18H,3-4,7-9,17H2,1-2H3. The second-order valence-electron chi connectivity index (χ2n) is 5.52. The maximum atomic E-state index is 5.80. The van der Waals surface area contributed by atoms with E-state index in [9.17, 15) is 0 Å². The maximum Gasteiger partial charge on any atom is 0.127 e. The van der Waals surface area contributed by atoms with Gasteiger partial charge >= 0.3 is 0 Å². The van der Waals surface area contributed by atoms with E-state index in [0.717, 1.165) is 42.9 Å². The summed E-state index contributed by atoms with van der Waals surface area (Å²) in [6.45, 7) is 7.77. The Balaban J connectivity index is 1.97. The van der Waals surface area contributed by atoms with Gasteiger partial charge in [-0.3, -0.25) is 0 Å². The average Bonchev–Trinajstić information content (AvgIpc) is 2.81. The van der Waals surface area contributed by atoms with Crippen LogP contribution in [-0.2, 0) is 13.0 Å². The minimum Gasteiger partial charge on any atom is -0.493 e. The van der Waals surface area contributed by atoms with E-state index in [1.54, 1.807) is 0 Å². The van der Waals surface area contributed by atoms with Gasteiger partial charge in [-0.05, 0) is 42.6 Å². The van der Waals surface area contributed by atoms with Crippen LogP contribution in [0.25, 0.3) is 0 Å². The summed E-state index contributed by atoms with van der Waals surface area (Å²) in [5.41, 5.74) is 8.34. The smallest absolute Gasteiger partial charge is 0.127 e. The molecule has 0 fully saturated rings. The lowest BCUT2D eigenvalue weighted by atomic mass is 9.96. The quantitative estimate of drug-likeness (QED) is 0.845. The van der Waals surface area contributed by atoms with Gasteiger partial charge in [-0.15, -0.1) is 0 Å². The molecule has 1 aromatic carbocycles. The first kappa shape index (κ1) is 14.8. The highest BCUT2D eigenvalue weighted by Gasteiger charge is 2.17. The molecule has 1 heterocycles. The van der Waals surface area contributed by atoms with Gasteiger partial charge in [-0.25, -0.2) is 0 Å². The first-order valence-corrected chi connectivity index (χ1v) is 7.76. The maximum absolute atomic E-state index is 5.80. The van der Waals surface area contributed by atoms with Gasteiger partial charge in [0.1, 0.15) is 5.75 Å². The number of hydrogen-bond donors (Lipinski definition) is 2. The van der Waals surface area contributed by atoms with Gasteiger partial charge in [0.05, 0.1) is 6.61 Å². The number of benzene rings is 1. The van der Waals surface area contributed by atoms with Crippen LogP contribution in [0.1, 0.15) is 25.0 Å². The molecule has 1 unspecified atom stereocenters. The molecular formula is C15H23BrN2O. The minimum absolute atomic E-state index is 0.529. The van der Waals surface area contributed by atoms with Gasteiger partial charge in [-0.1, -0.05) is 29.8 Å². The van der Waals surface area contributed by atoms with Crippen LogP contribution in [0.2, 0.25) is 0 Å². The van der Waals surface area contributed by atoms with Crippen LogP contribution < -0.4 is 15.8 Å². The van der Waals surface area contributed by atoms with Gasteiger partial charge in [-0.2, -0.15) is 0 Å². The van der Waals surface area contributed by atoms with Crippen LogP contribution in [0.5, 0.6) is 5.75 Å². The monoisotopic (exact) mass is 326 g/mol. The Bertz CT molecular complexity index is 434. The lowest BCUT2D eigenvalue weighted by Crippen LogP contribution is -2.31. The lowest BCUT2D eigenvalue weighted by molar-refractivity contribution is 0.347. The Kier molecular flexibility index (Phi) is 5.25. The molecule has 1 aliphatic rings. The van der Waals surface area contributed by atoms with Gasteiger partial charge in [0, 0.05) is 23.0 Å². The van der Waals surface area contributed by atoms with Crippen molar-refractivity contribution in [2.75, 3.05) is 19.7 Å². The molecule has 0 spiro atoms. The molecule has 0 amide bonds. The van der Waals surface area contributed by atoms with E-state index in [4.69, 9.17) is 10.5 Å². The summed E-state index contributed by atoms with van der Waals surface area (Å²) in [5.74, 6) is 2.22. The number of ether oxygens (including phenoxy) is 1. The highest BCUT2D eigenvalue weighted by molar-refractivity contribution is 9.10. The molecule has 0 aromatic heterocycles. The average molecular weight is 327 g/mol. The minimum atomic E-state index is 0.529. The summed E-state index contributed by atoms with van der Waals surface area (Å²) >= 11 is 3.57. The van der Waals surface area contributed by atoms with Crippen LogP contribution in [0.4, 0.5) is 0 Å². The van der Waals surface area contributed by atoms with Crippen molar-refractivity contribution in [3.63, 3.8) is 0 Å². The predicted octanol–water partition coefficient (Wildman–Crippen LogP) is 2.70. The molecule has 0 aliphatic carbocycles. The number of nitrogens with two attached hydrogens (primary N) is 1. The Hall–Kier alpha value is -0.580. The van der Waals surface area contributed by atoms with Crippen LogP contribution >= 0.6 is 15.9 Å². The van der Waals surface area contributed by atoms with Crippen LogP contribution in [0.15, 0.2) is 16.6 Å². The molecule has 0 radical (unpaired) electrons. The molecule has 0 bridgehead atoms. The van der Waals surface area contributed by atoms with Crippen LogP contribution in [-0.4, -0.2) is 19.7 Å². The van der Waals surface area contributed by atoms with Crippen LogP contribution in [0.3, 0.4) is 0 Å². The first-order valence-electron chi connectivity index (χ1n) is 6.96. The summed E-state index contributed by atoms with van der Waals surface area (Å²) in [4.78, 5) is 0. The zero-order chi connectivity index (χ0) is 13.8. The van der Waals surface area contributed by atoms with Crippen LogP contribution in [0, 0.1) is 11.8 Å². The second-order valence-corrected chi connectivity index (χ2v) is 6.44. The molecule has 106 valence electrons. The molecule has 0 saturated heterocycles. The third-order valence-electron chi connectivity index (χ3n) is 3.79. The Morgan fingerprint density at radius 3 is 2.89 bits per heavy atom. The molecule has 19 heavy (non-hydrogen) atoms. The van der Waals surface area contributed by atoms with E-state index < -0.39 is 0 Å². The zero-order valence-corrected chi connectivity index (χ0v) is 13.3. The molecule has 3 N–H and O–H groups in total. The highest BCUT2D eigenvalue weighted by Crippen LogP contribution is 2.32. The van der Waals surface area contributed by atoms with E-state index in [2.05, 4.69) is 47.2 Å². The van der Waals surface area contributed by atoms with Crippen molar-refractivity contribution in [2.45, 2.75) is 26.8 Å². The number of rotatable bonds is 6. The lowest BCUT2D eigenvalue weighted by Gasteiger charge is -2.19. The third kappa shape index (κ3) is 3.71. The summed E-state index contributed by atoms with van der Waals surface area (Å²) in [6.07, 6.45) is 1.01. The van der Waals surface area contributed by atoms with Gasteiger partial charge in [0.2, 0.25) is 0 Å². The van der Waals surface area contributed by atoms with Crippen molar-refractivity contribution >= 4 is 15.9 Å². The Labute approximate surface area is 124 Å². The number of hydrogen-bond acceptors (Lipinski definition) is 3. The zero-order valence-electron chi connectivity index (χ0n) is 11.7. The topological polar surface area (TPSA) is 47.3 Å². The van der Waals surface area contributed by atoms with Crippen molar-refractivity contribution in [3.8, 4) is 5.75 Å². The van der Waals surface area contributed by atoms with Crippen molar-refractivity contribution < 1.29 is 4.74 Å². The Morgan fingerprint density at radius 2 is 2.21 bits per heavy atom. The summed E-state index contributed by atoms with van der Waals surface area (Å²) in [6, 6.07) is 4.30. The van der Waals surface area contributed by atoms with Crippen molar-refractivity contribution in [1.82, 2.24) is 5.32 Å². The molecule has 4 heteroatoms. The van der Waals surface area contributed by atoms with Crippen molar-refractivity contribution in [3.05, 3.63) is 27.7 Å². The molecule has 1 atom stereocenters. The van der Waals surface area contributed by atoms with E-state index in [1.807, 2.05) is 0 Å². The molecular weight excluding hydrogens is 304 g/mol. The molecule has 1 aromatic rings. The summed E-state index contributed by atoms with van der Waals surface area (Å²) in [7, 11) is 0. The largest absolute Gasteiger partial charge is 0.493 e. The van der Waals surface area contributed by atoms with Gasteiger partial charge < -0.3 is 15.8 Å². The Morgan fingerprint density at radius 1 is 1.42 bits per heavy atom. The van der Waals surface area contributed by atoms with Gasteiger partial charge in [0.25, 0.3) is 0 Å². The van der Waals surface area contributed by atoms with Crippen molar-refractivity contribution in [1.29, 1.82) is 0 Å². The third-order valence-corrected chi connectivity index (χ3v) is 4.25. The number of halogens is 1. The number of nitrogens with one attached hydrogen (secondary N) is 1. The first-order chi connectivity index (χ1) is 9.11. The van der Waals surface area contributed by atoms with E-state index in [0.29, 0.717) is 11.8 Å². The van der Waals surface area contributed by atoms with Crippen molar-refractivity contribution in [2.24, 2.45) is 17.6 Å². The highest BCUT2D eigenvalue weighted by atomic mass is 79.9. The predicted molar refractivity (Wildman–Crippen MR) is 82.4 cm³/mol. The van der Waals surface area contributed by atoms with E-state index >= 15 is 0 Å². The number of fused-ring (bicyclic) bond motifs is 1. The molecule has 3 nitrogen and oxygen atoms in total. The fourth-order valence-electron chi connectivity index (χ4n) is 2.46. The fourth-order valence-corrected chi connectivity index (χ4v) is 3.01. The van der Waals surface area contributed by atoms with Gasteiger partial charge in [0.15, 0.2) is 0 Å². The second kappa shape index (κ2) is 6.73. The summed E-state index contributed by atoms with van der Waals surface area (Å²) in [5, 5.41) is 3.51. The van der Waals surface area contributed by atoms with E-state index in [-0.39, 0.29) is 0 Å².